The smallest absolute Gasteiger partial charge is 0.317 e. The Morgan fingerprint density at radius 3 is 2.10 bits per heavy atom. The number of carboxylic acids is 1. The SMILES string of the molecule is CCCCN(CCCC)C(=O)NCCCC(C)C(=O)O. The zero-order chi connectivity index (χ0) is 15.4. The molecule has 0 aromatic carbocycles. The van der Waals surface area contributed by atoms with Gasteiger partial charge in [0.2, 0.25) is 0 Å². The van der Waals surface area contributed by atoms with E-state index in [0.717, 1.165) is 38.8 Å². The van der Waals surface area contributed by atoms with Gasteiger partial charge in [0.05, 0.1) is 5.92 Å². The molecule has 0 bridgehead atoms. The minimum Gasteiger partial charge on any atom is -0.481 e. The van der Waals surface area contributed by atoms with Crippen LogP contribution in [-0.4, -0.2) is 41.6 Å². The van der Waals surface area contributed by atoms with E-state index in [4.69, 9.17) is 5.11 Å². The van der Waals surface area contributed by atoms with Crippen molar-refractivity contribution in [2.45, 2.75) is 59.3 Å². The second-order valence-corrected chi connectivity index (χ2v) is 5.31. The van der Waals surface area contributed by atoms with Crippen LogP contribution in [0.25, 0.3) is 0 Å². The largest absolute Gasteiger partial charge is 0.481 e. The summed E-state index contributed by atoms with van der Waals surface area (Å²) in [5, 5.41) is 11.7. The molecule has 0 aromatic heterocycles. The van der Waals surface area contributed by atoms with E-state index < -0.39 is 5.97 Å². The second kappa shape index (κ2) is 11.6. The van der Waals surface area contributed by atoms with Crippen molar-refractivity contribution in [2.75, 3.05) is 19.6 Å². The van der Waals surface area contributed by atoms with Gasteiger partial charge in [0.15, 0.2) is 0 Å². The van der Waals surface area contributed by atoms with E-state index in [0.29, 0.717) is 19.4 Å². The maximum absolute atomic E-state index is 12.0. The molecule has 5 heteroatoms. The monoisotopic (exact) mass is 286 g/mol. The Bertz CT molecular complexity index is 274. The van der Waals surface area contributed by atoms with Crippen LogP contribution in [0.4, 0.5) is 4.79 Å². The minimum absolute atomic E-state index is 0.0186. The molecule has 0 aromatic rings. The number of carbonyl (C=O) groups excluding carboxylic acids is 1. The van der Waals surface area contributed by atoms with Crippen molar-refractivity contribution in [3.05, 3.63) is 0 Å². The molecule has 0 rings (SSSR count). The molecule has 0 radical (unpaired) electrons. The number of urea groups is 1. The first kappa shape index (κ1) is 18.7. The van der Waals surface area contributed by atoms with E-state index in [-0.39, 0.29) is 11.9 Å². The van der Waals surface area contributed by atoms with Gasteiger partial charge in [0.1, 0.15) is 0 Å². The van der Waals surface area contributed by atoms with Gasteiger partial charge in [-0.05, 0) is 25.7 Å². The lowest BCUT2D eigenvalue weighted by Crippen LogP contribution is -2.41. The lowest BCUT2D eigenvalue weighted by molar-refractivity contribution is -0.141. The lowest BCUT2D eigenvalue weighted by Gasteiger charge is -2.23. The van der Waals surface area contributed by atoms with E-state index in [9.17, 15) is 9.59 Å². The molecular formula is C15H30N2O3. The van der Waals surface area contributed by atoms with Crippen molar-refractivity contribution in [3.63, 3.8) is 0 Å². The summed E-state index contributed by atoms with van der Waals surface area (Å²) in [7, 11) is 0. The Morgan fingerprint density at radius 2 is 1.65 bits per heavy atom. The molecule has 0 aliphatic rings. The summed E-state index contributed by atoms with van der Waals surface area (Å²) in [6.07, 6.45) is 5.49. The fourth-order valence-electron chi connectivity index (χ4n) is 1.85. The zero-order valence-corrected chi connectivity index (χ0v) is 13.2. The molecule has 2 amide bonds. The maximum atomic E-state index is 12.0. The van der Waals surface area contributed by atoms with Gasteiger partial charge in [0.25, 0.3) is 0 Å². The first-order valence-electron chi connectivity index (χ1n) is 7.78. The summed E-state index contributed by atoms with van der Waals surface area (Å²) in [5.41, 5.74) is 0. The first-order valence-corrected chi connectivity index (χ1v) is 7.78. The number of hydrogen-bond acceptors (Lipinski definition) is 2. The van der Waals surface area contributed by atoms with Gasteiger partial charge in [-0.25, -0.2) is 4.79 Å². The van der Waals surface area contributed by atoms with Crippen molar-refractivity contribution in [2.24, 2.45) is 5.92 Å². The second-order valence-electron chi connectivity index (χ2n) is 5.31. The van der Waals surface area contributed by atoms with Crippen LogP contribution in [0.5, 0.6) is 0 Å². The minimum atomic E-state index is -0.774. The zero-order valence-electron chi connectivity index (χ0n) is 13.2. The summed E-state index contributed by atoms with van der Waals surface area (Å²) in [6, 6.07) is -0.0186. The van der Waals surface area contributed by atoms with Crippen molar-refractivity contribution in [1.82, 2.24) is 10.2 Å². The van der Waals surface area contributed by atoms with Gasteiger partial charge in [-0.2, -0.15) is 0 Å². The normalized spacial score (nSPS) is 11.9. The summed E-state index contributed by atoms with van der Waals surface area (Å²) in [4.78, 5) is 24.6. The van der Waals surface area contributed by atoms with Crippen LogP contribution in [0.1, 0.15) is 59.3 Å². The van der Waals surface area contributed by atoms with Crippen molar-refractivity contribution >= 4 is 12.0 Å². The number of aliphatic carboxylic acids is 1. The molecule has 118 valence electrons. The van der Waals surface area contributed by atoms with Gasteiger partial charge < -0.3 is 15.3 Å². The third kappa shape index (κ3) is 8.77. The standard InChI is InChI=1S/C15H30N2O3/c1-4-6-11-17(12-7-5-2)15(20)16-10-8-9-13(3)14(18)19/h13H,4-12H2,1-3H3,(H,16,20)(H,18,19). The number of rotatable bonds is 11. The van der Waals surface area contributed by atoms with Crippen LogP contribution in [0.2, 0.25) is 0 Å². The van der Waals surface area contributed by atoms with E-state index in [1.807, 2.05) is 4.90 Å². The summed E-state index contributed by atoms with van der Waals surface area (Å²) >= 11 is 0. The Kier molecular flexibility index (Phi) is 10.8. The third-order valence-electron chi connectivity index (χ3n) is 3.36. The number of hydrogen-bond donors (Lipinski definition) is 2. The molecule has 0 fully saturated rings. The third-order valence-corrected chi connectivity index (χ3v) is 3.36. The molecule has 1 unspecified atom stereocenters. The van der Waals surface area contributed by atoms with Gasteiger partial charge in [-0.3, -0.25) is 4.79 Å². The van der Waals surface area contributed by atoms with Crippen LogP contribution in [0.15, 0.2) is 0 Å². The summed E-state index contributed by atoms with van der Waals surface area (Å²) in [5.74, 6) is -1.12. The number of nitrogens with zero attached hydrogens (tertiary/aromatic N) is 1. The molecule has 0 saturated heterocycles. The highest BCUT2D eigenvalue weighted by molar-refractivity contribution is 5.74. The number of unbranched alkanes of at least 4 members (excludes halogenated alkanes) is 2. The topological polar surface area (TPSA) is 69.6 Å². The molecule has 20 heavy (non-hydrogen) atoms. The lowest BCUT2D eigenvalue weighted by atomic mass is 10.1. The molecule has 0 saturated carbocycles. The highest BCUT2D eigenvalue weighted by Crippen LogP contribution is 2.05. The van der Waals surface area contributed by atoms with Crippen molar-refractivity contribution in [1.29, 1.82) is 0 Å². The highest BCUT2D eigenvalue weighted by Gasteiger charge is 2.13. The van der Waals surface area contributed by atoms with E-state index in [1.165, 1.54) is 0 Å². The van der Waals surface area contributed by atoms with Crippen molar-refractivity contribution in [3.8, 4) is 0 Å². The molecule has 0 aliphatic carbocycles. The molecule has 1 atom stereocenters. The van der Waals surface area contributed by atoms with E-state index in [2.05, 4.69) is 19.2 Å². The Morgan fingerprint density at radius 1 is 1.10 bits per heavy atom. The predicted molar refractivity (Wildman–Crippen MR) is 80.8 cm³/mol. The van der Waals surface area contributed by atoms with Crippen LogP contribution >= 0.6 is 0 Å². The van der Waals surface area contributed by atoms with Gasteiger partial charge in [0, 0.05) is 19.6 Å². The Hall–Kier alpha value is -1.26. The molecule has 0 heterocycles. The summed E-state index contributed by atoms with van der Waals surface area (Å²) in [6.45, 7) is 8.07. The van der Waals surface area contributed by atoms with Crippen LogP contribution < -0.4 is 5.32 Å². The van der Waals surface area contributed by atoms with Gasteiger partial charge in [-0.1, -0.05) is 33.6 Å². The van der Waals surface area contributed by atoms with E-state index >= 15 is 0 Å². The van der Waals surface area contributed by atoms with Crippen LogP contribution in [0, 0.1) is 5.92 Å². The van der Waals surface area contributed by atoms with E-state index in [1.54, 1.807) is 6.92 Å². The number of amides is 2. The number of nitrogens with one attached hydrogen (secondary N) is 1. The number of carbonyl (C=O) groups is 2. The first-order chi connectivity index (χ1) is 9.52. The Labute approximate surface area is 122 Å². The maximum Gasteiger partial charge on any atom is 0.317 e. The number of carboxylic acid groups (broad SMARTS) is 1. The Balaban J connectivity index is 3.95. The highest BCUT2D eigenvalue weighted by atomic mass is 16.4. The average molecular weight is 286 g/mol. The van der Waals surface area contributed by atoms with Crippen LogP contribution in [-0.2, 0) is 4.79 Å². The molecule has 5 nitrogen and oxygen atoms in total. The molecular weight excluding hydrogens is 256 g/mol. The van der Waals surface area contributed by atoms with Crippen molar-refractivity contribution < 1.29 is 14.7 Å². The predicted octanol–water partition coefficient (Wildman–Crippen LogP) is 3.10. The fourth-order valence-corrected chi connectivity index (χ4v) is 1.85. The molecule has 2 N–H and O–H groups in total. The van der Waals surface area contributed by atoms with Gasteiger partial charge in [-0.15, -0.1) is 0 Å². The van der Waals surface area contributed by atoms with Gasteiger partial charge >= 0.3 is 12.0 Å². The average Bonchev–Trinajstić information content (AvgIpc) is 2.43. The fraction of sp³-hybridized carbons (Fsp3) is 0.867. The molecule has 0 spiro atoms. The quantitative estimate of drug-likeness (QED) is 0.573. The van der Waals surface area contributed by atoms with Crippen LogP contribution in [0.3, 0.4) is 0 Å². The molecule has 0 aliphatic heterocycles. The summed E-state index contributed by atoms with van der Waals surface area (Å²) < 4.78 is 0.